The molecular weight excluding hydrogens is 316 g/mol. The number of carbonyl (C=O) groups is 2. The van der Waals surface area contributed by atoms with Crippen LogP contribution in [0.5, 0.6) is 0 Å². The number of hydrazine groups is 1. The van der Waals surface area contributed by atoms with Gasteiger partial charge in [0.25, 0.3) is 0 Å². The summed E-state index contributed by atoms with van der Waals surface area (Å²) in [6.45, 7) is 2.22. The summed E-state index contributed by atoms with van der Waals surface area (Å²) in [6.07, 6.45) is 14.7. The third-order valence-corrected chi connectivity index (χ3v) is 4.54. The Kier molecular flexibility index (Phi) is 11.8. The molecular formula is C19H34N4O2. The maximum Gasteiger partial charge on any atom is 0.367 e. The standard InChI is InChI=1S/C19H34N4O2/c1-2-3-4-5-7-10-13-16-17(22-19(25)21-16)14-11-8-6-9-12-15-18(24)23-20/h2-15,20H2,1H3,(H,23,24). The maximum atomic E-state index is 11.5. The lowest BCUT2D eigenvalue weighted by Gasteiger charge is -2.05. The van der Waals surface area contributed by atoms with E-state index in [-0.39, 0.29) is 11.9 Å². The van der Waals surface area contributed by atoms with E-state index in [1.807, 2.05) is 0 Å². The van der Waals surface area contributed by atoms with Gasteiger partial charge in [0.2, 0.25) is 5.91 Å². The van der Waals surface area contributed by atoms with E-state index in [9.17, 15) is 9.59 Å². The summed E-state index contributed by atoms with van der Waals surface area (Å²) in [4.78, 5) is 30.6. The minimum Gasteiger partial charge on any atom is -0.294 e. The molecule has 0 bridgehead atoms. The molecule has 25 heavy (non-hydrogen) atoms. The normalized spacial score (nSPS) is 13.8. The molecule has 0 aliphatic carbocycles. The van der Waals surface area contributed by atoms with E-state index in [2.05, 4.69) is 22.3 Å². The second-order valence-electron chi connectivity index (χ2n) is 6.75. The van der Waals surface area contributed by atoms with Crippen molar-refractivity contribution in [2.24, 2.45) is 15.8 Å². The van der Waals surface area contributed by atoms with Crippen LogP contribution in [0.2, 0.25) is 0 Å². The van der Waals surface area contributed by atoms with Crippen LogP contribution in [0, 0.1) is 0 Å². The molecule has 142 valence electrons. The number of amides is 3. The Bertz CT molecular complexity index is 472. The molecule has 6 heteroatoms. The molecule has 0 unspecified atom stereocenters. The molecule has 1 heterocycles. The third-order valence-electron chi connectivity index (χ3n) is 4.54. The smallest absolute Gasteiger partial charge is 0.294 e. The van der Waals surface area contributed by atoms with Gasteiger partial charge in [0.05, 0.1) is 11.4 Å². The van der Waals surface area contributed by atoms with Gasteiger partial charge in [-0.1, -0.05) is 58.3 Å². The average Bonchev–Trinajstić information content (AvgIpc) is 2.96. The first kappa shape index (κ1) is 21.5. The fourth-order valence-corrected chi connectivity index (χ4v) is 3.04. The first-order valence-electron chi connectivity index (χ1n) is 9.86. The van der Waals surface area contributed by atoms with Crippen molar-refractivity contribution < 1.29 is 9.59 Å². The van der Waals surface area contributed by atoms with E-state index < -0.39 is 0 Å². The molecule has 0 saturated heterocycles. The van der Waals surface area contributed by atoms with Crippen molar-refractivity contribution in [1.29, 1.82) is 0 Å². The fraction of sp³-hybridized carbons (Fsp3) is 0.789. The van der Waals surface area contributed by atoms with E-state index in [0.29, 0.717) is 6.42 Å². The first-order chi connectivity index (χ1) is 12.2. The van der Waals surface area contributed by atoms with Gasteiger partial charge < -0.3 is 0 Å². The van der Waals surface area contributed by atoms with Gasteiger partial charge in [0.1, 0.15) is 0 Å². The van der Waals surface area contributed by atoms with Crippen molar-refractivity contribution in [1.82, 2.24) is 5.43 Å². The number of nitrogens with one attached hydrogen (secondary N) is 1. The second-order valence-corrected chi connectivity index (χ2v) is 6.75. The quantitative estimate of drug-likeness (QED) is 0.197. The van der Waals surface area contributed by atoms with Crippen molar-refractivity contribution in [3.63, 3.8) is 0 Å². The van der Waals surface area contributed by atoms with Crippen molar-refractivity contribution in [3.05, 3.63) is 0 Å². The van der Waals surface area contributed by atoms with Gasteiger partial charge in [-0.05, 0) is 32.1 Å². The molecule has 0 aromatic heterocycles. The van der Waals surface area contributed by atoms with E-state index in [4.69, 9.17) is 5.84 Å². The van der Waals surface area contributed by atoms with Crippen LogP contribution in [0.25, 0.3) is 0 Å². The number of urea groups is 1. The Morgan fingerprint density at radius 3 is 1.84 bits per heavy atom. The Balaban J connectivity index is 2.11. The molecule has 3 amide bonds. The molecule has 6 nitrogen and oxygen atoms in total. The topological polar surface area (TPSA) is 96.9 Å². The molecule has 0 spiro atoms. The van der Waals surface area contributed by atoms with Crippen molar-refractivity contribution in [2.75, 3.05) is 0 Å². The van der Waals surface area contributed by atoms with Gasteiger partial charge in [-0.15, -0.1) is 0 Å². The summed E-state index contributed by atoms with van der Waals surface area (Å²) < 4.78 is 0. The van der Waals surface area contributed by atoms with Crippen LogP contribution in [-0.4, -0.2) is 23.4 Å². The summed E-state index contributed by atoms with van der Waals surface area (Å²) in [5.41, 5.74) is 3.96. The third kappa shape index (κ3) is 10.1. The fourth-order valence-electron chi connectivity index (χ4n) is 3.04. The number of unbranched alkanes of at least 4 members (excludes halogenated alkanes) is 9. The molecule has 0 fully saturated rings. The number of hydrogen-bond donors (Lipinski definition) is 2. The van der Waals surface area contributed by atoms with Crippen LogP contribution >= 0.6 is 0 Å². The summed E-state index contributed by atoms with van der Waals surface area (Å²) in [6, 6.07) is -0.330. The average molecular weight is 351 g/mol. The van der Waals surface area contributed by atoms with Gasteiger partial charge in [0.15, 0.2) is 0 Å². The molecule has 1 rings (SSSR count). The van der Waals surface area contributed by atoms with Gasteiger partial charge in [-0.3, -0.25) is 10.2 Å². The molecule has 1 aliphatic heterocycles. The highest BCUT2D eigenvalue weighted by atomic mass is 16.2. The summed E-state index contributed by atoms with van der Waals surface area (Å²) in [5.74, 6) is 4.94. The van der Waals surface area contributed by atoms with Crippen molar-refractivity contribution >= 4 is 23.4 Å². The first-order valence-corrected chi connectivity index (χ1v) is 9.86. The molecule has 3 N–H and O–H groups in total. The predicted molar refractivity (Wildman–Crippen MR) is 103 cm³/mol. The highest BCUT2D eigenvalue weighted by Gasteiger charge is 2.18. The van der Waals surface area contributed by atoms with Crippen molar-refractivity contribution in [3.8, 4) is 0 Å². The van der Waals surface area contributed by atoms with Crippen LogP contribution in [0.4, 0.5) is 4.79 Å². The molecule has 0 saturated carbocycles. The SMILES string of the molecule is CCCCCCCCC1=NC(=O)N=C1CCCCCCCC(=O)NN. The Hall–Kier alpha value is -1.56. The zero-order chi connectivity index (χ0) is 18.3. The number of aliphatic imine (C=N–C) groups is 2. The number of rotatable bonds is 15. The highest BCUT2D eigenvalue weighted by molar-refractivity contribution is 6.47. The van der Waals surface area contributed by atoms with E-state index >= 15 is 0 Å². The lowest BCUT2D eigenvalue weighted by molar-refractivity contribution is -0.121. The summed E-state index contributed by atoms with van der Waals surface area (Å²) in [5, 5.41) is 0. The largest absolute Gasteiger partial charge is 0.367 e. The lowest BCUT2D eigenvalue weighted by Crippen LogP contribution is -2.29. The molecule has 0 aromatic carbocycles. The number of carbonyl (C=O) groups excluding carboxylic acids is 2. The Morgan fingerprint density at radius 2 is 1.32 bits per heavy atom. The zero-order valence-corrected chi connectivity index (χ0v) is 15.7. The minimum atomic E-state index is -0.330. The molecule has 1 aliphatic rings. The van der Waals surface area contributed by atoms with Crippen LogP contribution in [0.3, 0.4) is 0 Å². The number of nitrogens with two attached hydrogens (primary N) is 1. The summed E-state index contributed by atoms with van der Waals surface area (Å²) in [7, 11) is 0. The lowest BCUT2D eigenvalue weighted by atomic mass is 10.0. The van der Waals surface area contributed by atoms with E-state index in [0.717, 1.165) is 62.8 Å². The Morgan fingerprint density at radius 1 is 0.840 bits per heavy atom. The maximum absolute atomic E-state index is 11.5. The van der Waals surface area contributed by atoms with E-state index in [1.165, 1.54) is 32.1 Å². The zero-order valence-electron chi connectivity index (χ0n) is 15.7. The van der Waals surface area contributed by atoms with Gasteiger partial charge >= 0.3 is 6.03 Å². The number of nitrogens with zero attached hydrogens (tertiary/aromatic N) is 2. The molecule has 0 atom stereocenters. The minimum absolute atomic E-state index is 0.102. The van der Waals surface area contributed by atoms with Crippen molar-refractivity contribution in [2.45, 2.75) is 96.8 Å². The summed E-state index contributed by atoms with van der Waals surface area (Å²) >= 11 is 0. The van der Waals surface area contributed by atoms with Crippen LogP contribution in [0.1, 0.15) is 96.8 Å². The second kappa shape index (κ2) is 13.7. The predicted octanol–water partition coefficient (Wildman–Crippen LogP) is 4.47. The Labute approximate surface area is 151 Å². The number of hydrogen-bond acceptors (Lipinski definition) is 3. The monoisotopic (exact) mass is 350 g/mol. The highest BCUT2D eigenvalue weighted by Crippen LogP contribution is 2.15. The van der Waals surface area contributed by atoms with Gasteiger partial charge in [-0.2, -0.15) is 9.98 Å². The van der Waals surface area contributed by atoms with E-state index in [1.54, 1.807) is 0 Å². The van der Waals surface area contributed by atoms with Crippen LogP contribution in [0.15, 0.2) is 9.98 Å². The van der Waals surface area contributed by atoms with Crippen LogP contribution < -0.4 is 11.3 Å². The van der Waals surface area contributed by atoms with Crippen LogP contribution in [-0.2, 0) is 4.79 Å². The molecule has 0 radical (unpaired) electrons. The van der Waals surface area contributed by atoms with Gasteiger partial charge in [-0.25, -0.2) is 10.6 Å². The van der Waals surface area contributed by atoms with Gasteiger partial charge in [0, 0.05) is 6.42 Å². The molecule has 0 aromatic rings.